The van der Waals surface area contributed by atoms with Crippen LogP contribution in [0.4, 0.5) is 0 Å². The summed E-state index contributed by atoms with van der Waals surface area (Å²) < 4.78 is 12.5. The molecule has 0 saturated carbocycles. The number of nitrogens with zero attached hydrogens (tertiary/aromatic N) is 3. The van der Waals surface area contributed by atoms with Crippen LogP contribution < -0.4 is 14.8 Å². The van der Waals surface area contributed by atoms with Crippen molar-refractivity contribution in [3.63, 3.8) is 0 Å². The Morgan fingerprint density at radius 1 is 1.06 bits per heavy atom. The fraction of sp³-hybridized carbons (Fsp3) is 0.192. The number of benzene rings is 2. The van der Waals surface area contributed by atoms with Crippen LogP contribution in [0.15, 0.2) is 67.1 Å². The first kappa shape index (κ1) is 21.5. The van der Waals surface area contributed by atoms with Gasteiger partial charge in [0.2, 0.25) is 0 Å². The smallest absolute Gasteiger partial charge is 0.252 e. The van der Waals surface area contributed by atoms with Crippen molar-refractivity contribution in [3.05, 3.63) is 83.8 Å². The summed E-state index contributed by atoms with van der Waals surface area (Å²) in [5.41, 5.74) is 4.44. The lowest BCUT2D eigenvalue weighted by molar-refractivity contribution is 0.0954. The van der Waals surface area contributed by atoms with Gasteiger partial charge in [0.1, 0.15) is 11.5 Å². The van der Waals surface area contributed by atoms with Crippen LogP contribution in [-0.4, -0.2) is 46.4 Å². The molecule has 0 aliphatic heterocycles. The number of hydrogen-bond donors (Lipinski definition) is 2. The average molecular weight is 456 g/mol. The average Bonchev–Trinajstić information content (AvgIpc) is 3.48. The molecule has 0 fully saturated rings. The minimum absolute atomic E-state index is 0.154. The number of H-pyrrole nitrogens is 1. The van der Waals surface area contributed by atoms with E-state index in [4.69, 9.17) is 9.47 Å². The van der Waals surface area contributed by atoms with Crippen LogP contribution in [0.5, 0.6) is 11.5 Å². The molecule has 0 aliphatic carbocycles. The summed E-state index contributed by atoms with van der Waals surface area (Å²) in [5.74, 6) is 1.29. The number of rotatable bonds is 8. The van der Waals surface area contributed by atoms with Gasteiger partial charge in [-0.3, -0.25) is 4.79 Å². The minimum Gasteiger partial charge on any atom is -0.497 e. The quantitative estimate of drug-likeness (QED) is 0.370. The number of amides is 1. The van der Waals surface area contributed by atoms with Crippen molar-refractivity contribution in [2.24, 2.45) is 0 Å². The lowest BCUT2D eigenvalue weighted by atomic mass is 10.1. The van der Waals surface area contributed by atoms with Gasteiger partial charge < -0.3 is 19.8 Å². The van der Waals surface area contributed by atoms with E-state index >= 15 is 0 Å². The monoisotopic (exact) mass is 455 g/mol. The van der Waals surface area contributed by atoms with E-state index in [1.165, 1.54) is 10.9 Å². The number of fused-ring (bicyclic) bond motifs is 2. The number of aromatic nitrogens is 4. The SMILES string of the molecule is COc1ccc(Cn2ncc3cc(C(=O)NCCc4c[nH]c5ccccc45)cnc32)c(OC)c1. The zero-order chi connectivity index (χ0) is 23.5. The first-order chi connectivity index (χ1) is 16.7. The van der Waals surface area contributed by atoms with E-state index in [2.05, 4.69) is 26.4 Å². The molecule has 0 unspecified atom stereocenters. The van der Waals surface area contributed by atoms with Crippen molar-refractivity contribution in [1.29, 1.82) is 0 Å². The van der Waals surface area contributed by atoms with Gasteiger partial charge in [0, 0.05) is 46.9 Å². The number of para-hydroxylation sites is 1. The largest absolute Gasteiger partial charge is 0.497 e. The van der Waals surface area contributed by atoms with Crippen LogP contribution in [0.1, 0.15) is 21.5 Å². The molecule has 2 N–H and O–H groups in total. The molecule has 2 aromatic carbocycles. The summed E-state index contributed by atoms with van der Waals surface area (Å²) in [5, 5.41) is 9.44. The summed E-state index contributed by atoms with van der Waals surface area (Å²) in [6.07, 6.45) is 6.05. The number of nitrogens with one attached hydrogen (secondary N) is 2. The molecule has 8 nitrogen and oxygen atoms in total. The fourth-order valence-electron chi connectivity index (χ4n) is 4.11. The molecule has 1 amide bonds. The minimum atomic E-state index is -0.154. The third kappa shape index (κ3) is 4.17. The number of aromatic amines is 1. The first-order valence-corrected chi connectivity index (χ1v) is 11.0. The van der Waals surface area contributed by atoms with Crippen LogP contribution in [0.2, 0.25) is 0 Å². The summed E-state index contributed by atoms with van der Waals surface area (Å²) in [4.78, 5) is 20.5. The molecule has 5 aromatic rings. The van der Waals surface area contributed by atoms with Crippen molar-refractivity contribution in [2.45, 2.75) is 13.0 Å². The molecule has 3 aromatic heterocycles. The van der Waals surface area contributed by atoms with Gasteiger partial charge in [0.05, 0.1) is 32.5 Å². The van der Waals surface area contributed by atoms with Crippen molar-refractivity contribution < 1.29 is 14.3 Å². The van der Waals surface area contributed by atoms with Gasteiger partial charge in [0.15, 0.2) is 5.65 Å². The zero-order valence-electron chi connectivity index (χ0n) is 19.0. The van der Waals surface area contributed by atoms with Gasteiger partial charge in [-0.05, 0) is 36.2 Å². The lowest BCUT2D eigenvalue weighted by Crippen LogP contribution is -2.25. The molecule has 0 aliphatic rings. The van der Waals surface area contributed by atoms with E-state index in [1.807, 2.05) is 48.7 Å². The van der Waals surface area contributed by atoms with Crippen molar-refractivity contribution >= 4 is 27.8 Å². The Balaban J connectivity index is 1.27. The standard InChI is InChI=1S/C26H25N5O3/c1-33-21-8-7-18(24(12-21)34-2)16-31-25-19(15-30-31)11-20(14-29-25)26(32)27-10-9-17-13-28-23-6-4-3-5-22(17)23/h3-8,11-15,28H,9-10,16H2,1-2H3,(H,27,32). The maximum atomic E-state index is 12.7. The molecular formula is C26H25N5O3. The van der Waals surface area contributed by atoms with E-state index in [0.717, 1.165) is 28.6 Å². The van der Waals surface area contributed by atoms with E-state index in [0.29, 0.717) is 30.0 Å². The van der Waals surface area contributed by atoms with Crippen molar-refractivity contribution in [1.82, 2.24) is 25.1 Å². The highest BCUT2D eigenvalue weighted by atomic mass is 16.5. The molecule has 0 bridgehead atoms. The summed E-state index contributed by atoms with van der Waals surface area (Å²) in [6.45, 7) is 1.02. The Morgan fingerprint density at radius 2 is 1.94 bits per heavy atom. The summed E-state index contributed by atoms with van der Waals surface area (Å²) in [6, 6.07) is 15.6. The Morgan fingerprint density at radius 3 is 2.79 bits per heavy atom. The van der Waals surface area contributed by atoms with Gasteiger partial charge in [-0.15, -0.1) is 0 Å². The maximum absolute atomic E-state index is 12.7. The number of pyridine rings is 1. The molecule has 0 saturated heterocycles. The highest BCUT2D eigenvalue weighted by Crippen LogP contribution is 2.26. The van der Waals surface area contributed by atoms with Gasteiger partial charge >= 0.3 is 0 Å². The Kier molecular flexibility index (Phi) is 5.86. The molecule has 0 atom stereocenters. The number of methoxy groups -OCH3 is 2. The van der Waals surface area contributed by atoms with Gasteiger partial charge in [0.25, 0.3) is 5.91 Å². The van der Waals surface area contributed by atoms with E-state index in [1.54, 1.807) is 31.3 Å². The normalized spacial score (nSPS) is 11.1. The summed E-state index contributed by atoms with van der Waals surface area (Å²) >= 11 is 0. The Hall–Kier alpha value is -4.33. The van der Waals surface area contributed by atoms with Crippen LogP contribution in [0.3, 0.4) is 0 Å². The predicted molar refractivity (Wildman–Crippen MR) is 131 cm³/mol. The molecule has 5 rings (SSSR count). The number of carbonyl (C=O) groups is 1. The molecule has 0 radical (unpaired) electrons. The number of ether oxygens (including phenoxy) is 2. The molecular weight excluding hydrogens is 430 g/mol. The molecule has 8 heteroatoms. The second-order valence-corrected chi connectivity index (χ2v) is 7.98. The predicted octanol–water partition coefficient (Wildman–Crippen LogP) is 3.95. The number of hydrogen-bond acceptors (Lipinski definition) is 5. The van der Waals surface area contributed by atoms with E-state index < -0.39 is 0 Å². The van der Waals surface area contributed by atoms with Gasteiger partial charge in [-0.2, -0.15) is 5.10 Å². The Labute approximate surface area is 196 Å². The molecule has 34 heavy (non-hydrogen) atoms. The van der Waals surface area contributed by atoms with Gasteiger partial charge in [-0.25, -0.2) is 9.67 Å². The molecule has 172 valence electrons. The zero-order valence-corrected chi connectivity index (χ0v) is 19.0. The van der Waals surface area contributed by atoms with Crippen LogP contribution in [0.25, 0.3) is 21.9 Å². The molecule has 0 spiro atoms. The third-order valence-corrected chi connectivity index (χ3v) is 5.91. The third-order valence-electron chi connectivity index (χ3n) is 5.91. The second-order valence-electron chi connectivity index (χ2n) is 7.98. The maximum Gasteiger partial charge on any atom is 0.252 e. The van der Waals surface area contributed by atoms with Crippen molar-refractivity contribution in [2.75, 3.05) is 20.8 Å². The van der Waals surface area contributed by atoms with Crippen LogP contribution in [-0.2, 0) is 13.0 Å². The molecule has 3 heterocycles. The van der Waals surface area contributed by atoms with E-state index in [9.17, 15) is 4.79 Å². The first-order valence-electron chi connectivity index (χ1n) is 11.0. The summed E-state index contributed by atoms with van der Waals surface area (Å²) in [7, 11) is 3.25. The van der Waals surface area contributed by atoms with Crippen molar-refractivity contribution in [3.8, 4) is 11.5 Å². The highest BCUT2D eigenvalue weighted by Gasteiger charge is 2.13. The van der Waals surface area contributed by atoms with Crippen LogP contribution in [0, 0.1) is 0 Å². The fourth-order valence-corrected chi connectivity index (χ4v) is 4.11. The number of carbonyl (C=O) groups excluding carboxylic acids is 1. The second kappa shape index (κ2) is 9.27. The van der Waals surface area contributed by atoms with E-state index in [-0.39, 0.29) is 5.91 Å². The van der Waals surface area contributed by atoms with Crippen LogP contribution >= 0.6 is 0 Å². The lowest BCUT2D eigenvalue weighted by Gasteiger charge is -2.11. The topological polar surface area (TPSA) is 94.1 Å². The Bertz CT molecular complexity index is 1470. The highest BCUT2D eigenvalue weighted by molar-refractivity contribution is 5.96. The van der Waals surface area contributed by atoms with Gasteiger partial charge in [-0.1, -0.05) is 18.2 Å².